The molecule has 0 bridgehead atoms. The minimum atomic E-state index is -4.64. The second-order valence-electron chi connectivity index (χ2n) is 6.98. The van der Waals surface area contributed by atoms with Crippen LogP contribution >= 0.6 is 11.6 Å². The lowest BCUT2D eigenvalue weighted by Crippen LogP contribution is -2.15. The van der Waals surface area contributed by atoms with Gasteiger partial charge in [0, 0.05) is 0 Å². The van der Waals surface area contributed by atoms with Crippen LogP contribution < -0.4 is 14.8 Å². The number of hydrogen-bond acceptors (Lipinski definition) is 5. The van der Waals surface area contributed by atoms with E-state index in [4.69, 9.17) is 21.1 Å². The SMILES string of the molecule is COc1cc(/C=C(\C#N)C(=O)Nc2cc(C(F)(F)F)ccc2Cl)ccc1OC(=O)c1ccccc1. The van der Waals surface area contributed by atoms with Crippen LogP contribution in [0.4, 0.5) is 18.9 Å². The fourth-order valence-corrected chi connectivity index (χ4v) is 3.06. The highest BCUT2D eigenvalue weighted by atomic mass is 35.5. The normalized spacial score (nSPS) is 11.4. The Bertz CT molecular complexity index is 1330. The summed E-state index contributed by atoms with van der Waals surface area (Å²) < 4.78 is 49.5. The highest BCUT2D eigenvalue weighted by Crippen LogP contribution is 2.34. The number of rotatable bonds is 6. The number of carbonyl (C=O) groups excluding carboxylic acids is 2. The van der Waals surface area contributed by atoms with Crippen LogP contribution in [0.5, 0.6) is 11.5 Å². The van der Waals surface area contributed by atoms with Gasteiger partial charge in [0.2, 0.25) is 0 Å². The molecule has 1 N–H and O–H groups in total. The summed E-state index contributed by atoms with van der Waals surface area (Å²) in [4.78, 5) is 24.8. The van der Waals surface area contributed by atoms with Crippen LogP contribution in [0, 0.1) is 11.3 Å². The highest BCUT2D eigenvalue weighted by molar-refractivity contribution is 6.34. The lowest BCUT2D eigenvalue weighted by Gasteiger charge is -2.12. The molecule has 3 rings (SSSR count). The van der Waals surface area contributed by atoms with Crippen molar-refractivity contribution < 1.29 is 32.2 Å². The number of nitriles is 1. The molecule has 0 aliphatic rings. The Morgan fingerprint density at radius 3 is 2.37 bits per heavy atom. The molecule has 0 spiro atoms. The molecule has 0 aliphatic carbocycles. The molecular weight excluding hydrogens is 485 g/mol. The number of alkyl halides is 3. The third-order valence-corrected chi connectivity index (χ3v) is 4.95. The van der Waals surface area contributed by atoms with Gasteiger partial charge < -0.3 is 14.8 Å². The Hall–Kier alpha value is -4.29. The van der Waals surface area contributed by atoms with Crippen molar-refractivity contribution in [3.8, 4) is 17.6 Å². The van der Waals surface area contributed by atoms with E-state index in [1.54, 1.807) is 36.4 Å². The summed E-state index contributed by atoms with van der Waals surface area (Å²) in [6, 6.07) is 16.7. The van der Waals surface area contributed by atoms with Gasteiger partial charge in [-0.25, -0.2) is 4.79 Å². The molecule has 3 aromatic carbocycles. The van der Waals surface area contributed by atoms with Crippen LogP contribution in [-0.4, -0.2) is 19.0 Å². The number of ether oxygens (including phenoxy) is 2. The minimum Gasteiger partial charge on any atom is -0.493 e. The van der Waals surface area contributed by atoms with Crippen molar-refractivity contribution in [1.29, 1.82) is 5.26 Å². The monoisotopic (exact) mass is 500 g/mol. The maximum atomic E-state index is 13.0. The molecule has 0 radical (unpaired) electrons. The van der Waals surface area contributed by atoms with Gasteiger partial charge in [-0.05, 0) is 54.1 Å². The minimum absolute atomic E-state index is 0.109. The maximum absolute atomic E-state index is 13.0. The van der Waals surface area contributed by atoms with Gasteiger partial charge in [0.25, 0.3) is 5.91 Å². The Morgan fingerprint density at radius 1 is 1.03 bits per heavy atom. The molecule has 0 unspecified atom stereocenters. The summed E-state index contributed by atoms with van der Waals surface area (Å²) in [5.41, 5.74) is -1.05. The van der Waals surface area contributed by atoms with Crippen molar-refractivity contribution in [3.05, 3.63) is 94.0 Å². The third kappa shape index (κ3) is 6.40. The summed E-state index contributed by atoms with van der Waals surface area (Å²) in [6.07, 6.45) is -3.44. The lowest BCUT2D eigenvalue weighted by atomic mass is 10.1. The highest BCUT2D eigenvalue weighted by Gasteiger charge is 2.31. The van der Waals surface area contributed by atoms with Crippen LogP contribution in [-0.2, 0) is 11.0 Å². The van der Waals surface area contributed by atoms with Gasteiger partial charge in [-0.2, -0.15) is 18.4 Å². The van der Waals surface area contributed by atoms with E-state index in [0.717, 1.165) is 12.1 Å². The number of methoxy groups -OCH3 is 1. The lowest BCUT2D eigenvalue weighted by molar-refractivity contribution is -0.137. The van der Waals surface area contributed by atoms with E-state index < -0.39 is 29.2 Å². The van der Waals surface area contributed by atoms with Crippen molar-refractivity contribution in [2.75, 3.05) is 12.4 Å². The van der Waals surface area contributed by atoms with Crippen LogP contribution in [0.1, 0.15) is 21.5 Å². The summed E-state index contributed by atoms with van der Waals surface area (Å²) in [5.74, 6) is -1.31. The van der Waals surface area contributed by atoms with Gasteiger partial charge >= 0.3 is 12.1 Å². The van der Waals surface area contributed by atoms with Crippen molar-refractivity contribution in [1.82, 2.24) is 0 Å². The first kappa shape index (κ1) is 25.3. The van der Waals surface area contributed by atoms with E-state index in [9.17, 15) is 28.0 Å². The molecule has 3 aromatic rings. The zero-order valence-electron chi connectivity index (χ0n) is 18.0. The number of hydrogen-bond donors (Lipinski definition) is 1. The molecule has 0 aliphatic heterocycles. The summed E-state index contributed by atoms with van der Waals surface area (Å²) in [5, 5.41) is 11.5. The summed E-state index contributed by atoms with van der Waals surface area (Å²) >= 11 is 5.90. The number of anilines is 1. The molecule has 0 aromatic heterocycles. The zero-order chi connectivity index (χ0) is 25.6. The van der Waals surface area contributed by atoms with E-state index in [1.807, 2.05) is 0 Å². The molecule has 10 heteroatoms. The van der Waals surface area contributed by atoms with Crippen LogP contribution in [0.15, 0.2) is 72.3 Å². The fourth-order valence-electron chi connectivity index (χ4n) is 2.89. The molecule has 0 heterocycles. The molecule has 0 saturated carbocycles. The zero-order valence-corrected chi connectivity index (χ0v) is 18.8. The molecule has 0 atom stereocenters. The van der Waals surface area contributed by atoms with Gasteiger partial charge in [0.15, 0.2) is 11.5 Å². The van der Waals surface area contributed by atoms with Gasteiger partial charge in [0.1, 0.15) is 11.6 Å². The summed E-state index contributed by atoms with van der Waals surface area (Å²) in [6.45, 7) is 0. The smallest absolute Gasteiger partial charge is 0.416 e. The van der Waals surface area contributed by atoms with Gasteiger partial charge in [0.05, 0.1) is 28.9 Å². The molecule has 35 heavy (non-hydrogen) atoms. The van der Waals surface area contributed by atoms with Crippen LogP contribution in [0.3, 0.4) is 0 Å². The van der Waals surface area contributed by atoms with Crippen molar-refractivity contribution in [3.63, 3.8) is 0 Å². The van der Waals surface area contributed by atoms with E-state index in [2.05, 4.69) is 5.32 Å². The number of carbonyl (C=O) groups is 2. The number of esters is 1. The van der Waals surface area contributed by atoms with E-state index in [0.29, 0.717) is 17.2 Å². The topological polar surface area (TPSA) is 88.4 Å². The van der Waals surface area contributed by atoms with Crippen LogP contribution in [0.25, 0.3) is 6.08 Å². The maximum Gasteiger partial charge on any atom is 0.416 e. The van der Waals surface area contributed by atoms with E-state index >= 15 is 0 Å². The Kier molecular flexibility index (Phi) is 7.79. The molecule has 0 saturated heterocycles. The van der Waals surface area contributed by atoms with Crippen molar-refractivity contribution in [2.45, 2.75) is 6.18 Å². The average Bonchev–Trinajstić information content (AvgIpc) is 2.84. The Morgan fingerprint density at radius 2 is 1.74 bits per heavy atom. The number of benzene rings is 3. The molecule has 178 valence electrons. The summed E-state index contributed by atoms with van der Waals surface area (Å²) in [7, 11) is 1.34. The number of nitrogens with one attached hydrogen (secondary N) is 1. The largest absolute Gasteiger partial charge is 0.493 e. The number of halogens is 4. The predicted molar refractivity (Wildman–Crippen MR) is 123 cm³/mol. The average molecular weight is 501 g/mol. The van der Waals surface area contributed by atoms with E-state index in [1.165, 1.54) is 31.4 Å². The second kappa shape index (κ2) is 10.8. The quantitative estimate of drug-likeness (QED) is 0.190. The Labute approximate surface area is 203 Å². The third-order valence-electron chi connectivity index (χ3n) is 4.62. The second-order valence-corrected chi connectivity index (χ2v) is 7.39. The number of nitrogens with zero attached hydrogens (tertiary/aromatic N) is 1. The Balaban J connectivity index is 1.83. The first-order valence-corrected chi connectivity index (χ1v) is 10.3. The fraction of sp³-hybridized carbons (Fsp3) is 0.0800. The molecule has 0 fully saturated rings. The van der Waals surface area contributed by atoms with Gasteiger partial charge in [-0.1, -0.05) is 35.9 Å². The first-order chi connectivity index (χ1) is 16.6. The van der Waals surface area contributed by atoms with Gasteiger partial charge in [-0.15, -0.1) is 0 Å². The molecule has 1 amide bonds. The van der Waals surface area contributed by atoms with Crippen molar-refractivity contribution in [2.24, 2.45) is 0 Å². The van der Waals surface area contributed by atoms with Gasteiger partial charge in [-0.3, -0.25) is 4.79 Å². The standard InChI is InChI=1S/C25H16ClF3N2O4/c1-34-22-12-15(7-10-21(22)35-24(33)16-5-3-2-4-6-16)11-17(14-30)23(32)31-20-13-18(25(27,28)29)8-9-19(20)26/h2-13H,1H3,(H,31,32)/b17-11+. The molecular formula is C25H16ClF3N2O4. The van der Waals surface area contributed by atoms with Crippen LogP contribution in [0.2, 0.25) is 5.02 Å². The predicted octanol–water partition coefficient (Wildman–Crippen LogP) is 6.13. The number of amides is 1. The first-order valence-electron chi connectivity index (χ1n) is 9.87. The van der Waals surface area contributed by atoms with Crippen molar-refractivity contribution >= 4 is 35.2 Å². The van der Waals surface area contributed by atoms with E-state index in [-0.39, 0.29) is 22.2 Å². The molecule has 6 nitrogen and oxygen atoms in total.